The Balaban J connectivity index is 1.00. The number of fused-ring (bicyclic) bond motifs is 4. The standard InChI is InChI=1S/C57H85N15O15S2/c1-32(2)22-40(53(80)67-41(23-34-24-61-36-11-7-6-10-35(34)36)54(81)63-38(15-21-89-5)52(79)65-39(56(83)84)12-8-16-60-57(58)59)66-50(77)33(3)62-51(78)37(14-20-88-4)64-55(82)42-13-9-17-72(42)43(73)25-68-18-19-69-29-47(74)86-45(69)27-71-31-49(76)87-46(71)28-70-30-48(75)85-44(70)26-68/h6-7,10-11,24,32-33,37-42,44-46,61H,8-9,12-23,25-31H2,1-5H3,(H,62,78)(H,63,81)(H,64,82)(H,65,79)(H,66,77)(H,67,80)(H,83,84)(H4,58,59,60)/t33-,37-,38-,39-,40-,41-,42-,44?,45?,46?/m0/s1. The van der Waals surface area contributed by atoms with E-state index in [-0.39, 0.29) is 122 Å². The van der Waals surface area contributed by atoms with Gasteiger partial charge in [0.2, 0.25) is 41.4 Å². The molecule has 2 aromatic rings. The summed E-state index contributed by atoms with van der Waals surface area (Å²) in [7, 11) is 0. The van der Waals surface area contributed by atoms with E-state index in [2.05, 4.69) is 41.9 Å². The van der Waals surface area contributed by atoms with Crippen molar-refractivity contribution in [2.24, 2.45) is 22.4 Å². The first-order chi connectivity index (χ1) is 42.5. The smallest absolute Gasteiger partial charge is 0.326 e. The highest BCUT2D eigenvalue weighted by Crippen LogP contribution is 2.25. The highest BCUT2D eigenvalue weighted by molar-refractivity contribution is 7.98. The normalized spacial score (nSPS) is 22.0. The first-order valence-electron chi connectivity index (χ1n) is 30.0. The number of rotatable bonds is 29. The van der Waals surface area contributed by atoms with Gasteiger partial charge in [-0.1, -0.05) is 32.0 Å². The molecule has 1 aromatic heterocycles. The molecule has 30 nitrogen and oxygen atoms in total. The number of aromatic amines is 1. The Bertz CT molecular complexity index is 2910. The maximum atomic E-state index is 14.5. The fourth-order valence-corrected chi connectivity index (χ4v) is 12.3. The summed E-state index contributed by atoms with van der Waals surface area (Å²) in [6.45, 7) is 6.04. The van der Waals surface area contributed by atoms with Gasteiger partial charge in [-0.15, -0.1) is 0 Å². The lowest BCUT2D eigenvalue weighted by molar-refractivity contribution is -0.148. The number of nitrogens with two attached hydrogens (primary N) is 2. The van der Waals surface area contributed by atoms with E-state index in [1.54, 1.807) is 27.2 Å². The highest BCUT2D eigenvalue weighted by atomic mass is 32.2. The number of esters is 3. The molecule has 1 aromatic carbocycles. The molecule has 12 N–H and O–H groups in total. The third-order valence-electron chi connectivity index (χ3n) is 16.0. The van der Waals surface area contributed by atoms with Crippen molar-refractivity contribution < 1.29 is 72.1 Å². The van der Waals surface area contributed by atoms with Gasteiger partial charge in [-0.25, -0.2) is 4.79 Å². The number of benzene rings is 1. The van der Waals surface area contributed by atoms with E-state index in [4.69, 9.17) is 25.7 Å². The zero-order chi connectivity index (χ0) is 64.5. The van der Waals surface area contributed by atoms with E-state index in [1.807, 2.05) is 49.3 Å². The van der Waals surface area contributed by atoms with E-state index >= 15 is 0 Å². The molecule has 490 valence electrons. The molecule has 5 saturated heterocycles. The number of aliphatic imine (C=N–C) groups is 1. The number of carbonyl (C=O) groups is 11. The largest absolute Gasteiger partial charge is 0.480 e. The zero-order valence-electron chi connectivity index (χ0n) is 50.9. The molecule has 5 aliphatic rings. The minimum Gasteiger partial charge on any atom is -0.480 e. The van der Waals surface area contributed by atoms with Gasteiger partial charge in [-0.2, -0.15) is 23.5 Å². The quantitative estimate of drug-likeness (QED) is 0.0129. The van der Waals surface area contributed by atoms with E-state index in [1.165, 1.54) is 35.3 Å². The fraction of sp³-hybridized carbons (Fsp3) is 0.649. The van der Waals surface area contributed by atoms with Gasteiger partial charge in [0.1, 0.15) is 55.4 Å². The summed E-state index contributed by atoms with van der Waals surface area (Å²) in [6, 6.07) is -1.16. The number of carbonyl (C=O) groups excluding carboxylic acids is 10. The molecule has 0 aliphatic carbocycles. The van der Waals surface area contributed by atoms with Crippen LogP contribution in [0, 0.1) is 5.92 Å². The summed E-state index contributed by atoms with van der Waals surface area (Å²) in [5, 5.41) is 27.1. The molecule has 3 unspecified atom stereocenters. The fourth-order valence-electron chi connectivity index (χ4n) is 11.3. The van der Waals surface area contributed by atoms with Gasteiger partial charge in [0.05, 0.1) is 32.7 Å². The molecule has 10 atom stereocenters. The number of guanidine groups is 1. The van der Waals surface area contributed by atoms with E-state index in [9.17, 15) is 57.8 Å². The number of para-hydroxylation sites is 1. The van der Waals surface area contributed by atoms with Gasteiger partial charge in [0, 0.05) is 49.7 Å². The van der Waals surface area contributed by atoms with Crippen LogP contribution in [0.2, 0.25) is 0 Å². The lowest BCUT2D eigenvalue weighted by atomic mass is 10.00. The summed E-state index contributed by atoms with van der Waals surface area (Å²) in [5.41, 5.74) is 12.2. The SMILES string of the molecule is CSCC[C@H](NC(=O)[C@H](Cc1c[nH]c2ccccc12)NC(=O)[C@H](CC(C)C)NC(=O)[C@H](C)NC(=O)[C@H](CCSC)NC(=O)[C@@H]1CCCN1C(=O)CN1CCN2CC(=O)OC2CN2CC(=O)OC2CN2CC(=O)OC2C1)C(=O)N[C@@H](CCCN=C(N)N)C(=O)O. The predicted octanol–water partition coefficient (Wildman–Crippen LogP) is -2.81. The van der Waals surface area contributed by atoms with E-state index in [0.29, 0.717) is 29.9 Å². The number of H-pyrrole nitrogens is 1. The summed E-state index contributed by atoms with van der Waals surface area (Å²) < 4.78 is 16.9. The average molecular weight is 1280 g/mol. The molecule has 0 bridgehead atoms. The van der Waals surface area contributed by atoms with Gasteiger partial charge >= 0.3 is 23.9 Å². The maximum Gasteiger partial charge on any atom is 0.326 e. The average Bonchev–Trinajstić information content (AvgIpc) is 2.17. The van der Waals surface area contributed by atoms with Crippen LogP contribution in [0.15, 0.2) is 35.5 Å². The molecule has 5 aliphatic heterocycles. The first kappa shape index (κ1) is 69.2. The van der Waals surface area contributed by atoms with Crippen LogP contribution in [0.1, 0.15) is 71.3 Å². The lowest BCUT2D eigenvalue weighted by Crippen LogP contribution is -2.60. The Labute approximate surface area is 524 Å². The number of ether oxygens (including phenoxy) is 3. The van der Waals surface area contributed by atoms with Gasteiger partial charge < -0.3 is 72.6 Å². The molecule has 0 saturated carbocycles. The zero-order valence-corrected chi connectivity index (χ0v) is 52.5. The van der Waals surface area contributed by atoms with Crippen molar-refractivity contribution in [2.75, 3.05) is 96.0 Å². The number of aromatic nitrogens is 1. The Hall–Kier alpha value is -7.26. The third kappa shape index (κ3) is 19.9. The van der Waals surface area contributed by atoms with Crippen LogP contribution in [0.5, 0.6) is 0 Å². The van der Waals surface area contributed by atoms with Crippen LogP contribution in [0.4, 0.5) is 0 Å². The third-order valence-corrected chi connectivity index (χ3v) is 17.3. The van der Waals surface area contributed by atoms with Crippen LogP contribution in [-0.2, 0) is 73.4 Å². The van der Waals surface area contributed by atoms with Crippen LogP contribution in [-0.4, -0.2) is 263 Å². The summed E-state index contributed by atoms with van der Waals surface area (Å²) in [6.07, 6.45) is 4.40. The van der Waals surface area contributed by atoms with Gasteiger partial charge in [0.25, 0.3) is 0 Å². The number of hydrogen-bond donors (Lipinski definition) is 10. The monoisotopic (exact) mass is 1280 g/mol. The molecule has 89 heavy (non-hydrogen) atoms. The van der Waals surface area contributed by atoms with Crippen LogP contribution in [0.3, 0.4) is 0 Å². The molecular weight excluding hydrogens is 1200 g/mol. The van der Waals surface area contributed by atoms with Crippen molar-refractivity contribution in [3.05, 3.63) is 36.0 Å². The molecule has 6 heterocycles. The molecular formula is C57H85N15O15S2. The number of likely N-dealkylation sites (tertiary alicyclic amines) is 1. The van der Waals surface area contributed by atoms with Crippen molar-refractivity contribution in [3.8, 4) is 0 Å². The number of carboxylic acids is 1. The molecule has 7 rings (SSSR count). The molecule has 0 radical (unpaired) electrons. The second kappa shape index (κ2) is 33.0. The Morgan fingerprint density at radius 1 is 0.674 bits per heavy atom. The van der Waals surface area contributed by atoms with Crippen molar-refractivity contribution >= 4 is 106 Å². The number of nitrogens with one attached hydrogen (secondary N) is 7. The second-order valence-electron chi connectivity index (χ2n) is 23.2. The summed E-state index contributed by atoms with van der Waals surface area (Å²) in [4.78, 5) is 165. The van der Waals surface area contributed by atoms with Gasteiger partial charge in [-0.3, -0.25) is 72.5 Å². The Morgan fingerprint density at radius 2 is 1.22 bits per heavy atom. The maximum absolute atomic E-state index is 14.5. The minimum atomic E-state index is -1.33. The first-order valence-corrected chi connectivity index (χ1v) is 32.7. The van der Waals surface area contributed by atoms with Crippen molar-refractivity contribution in [3.63, 3.8) is 0 Å². The molecule has 7 amide bonds. The van der Waals surface area contributed by atoms with Crippen molar-refractivity contribution in [2.45, 2.75) is 133 Å². The molecule has 32 heteroatoms. The lowest BCUT2D eigenvalue weighted by Gasteiger charge is -2.35. The Kier molecular flexibility index (Phi) is 25.7. The summed E-state index contributed by atoms with van der Waals surface area (Å²) >= 11 is 2.83. The number of aliphatic carboxylic acids is 1. The topological polar surface area (TPSA) is 404 Å². The second-order valence-corrected chi connectivity index (χ2v) is 25.2. The molecule has 5 fully saturated rings. The number of nitrogens with zero attached hydrogens (tertiary/aromatic N) is 6. The Morgan fingerprint density at radius 3 is 1.85 bits per heavy atom. The van der Waals surface area contributed by atoms with Crippen molar-refractivity contribution in [1.82, 2.24) is 61.4 Å². The number of carboxylic acid groups (broad SMARTS) is 1. The molecule has 0 spiro atoms. The minimum absolute atomic E-state index is 0.0111. The van der Waals surface area contributed by atoms with E-state index < -0.39 is 126 Å². The number of amides is 7. The highest BCUT2D eigenvalue weighted by Gasteiger charge is 2.45. The van der Waals surface area contributed by atoms with Crippen molar-refractivity contribution in [1.29, 1.82) is 0 Å². The van der Waals surface area contributed by atoms with Gasteiger partial charge in [0.15, 0.2) is 24.6 Å². The predicted molar refractivity (Wildman–Crippen MR) is 328 cm³/mol. The van der Waals surface area contributed by atoms with Crippen LogP contribution in [0.25, 0.3) is 10.9 Å². The van der Waals surface area contributed by atoms with Gasteiger partial charge in [-0.05, 0) is 93.4 Å². The van der Waals surface area contributed by atoms with Crippen LogP contribution < -0.4 is 43.4 Å². The van der Waals surface area contributed by atoms with Crippen LogP contribution >= 0.6 is 23.5 Å². The number of thioether (sulfide) groups is 2. The summed E-state index contributed by atoms with van der Waals surface area (Å²) in [5.74, 6) is -6.87. The number of hydrogen-bond acceptors (Lipinski definition) is 21. The van der Waals surface area contributed by atoms with E-state index in [0.717, 1.165) is 10.9 Å².